The molecule has 1 aromatic rings. The summed E-state index contributed by atoms with van der Waals surface area (Å²) in [4.78, 5) is 3.52. The summed E-state index contributed by atoms with van der Waals surface area (Å²) in [6, 6.07) is 1.94. The first kappa shape index (κ1) is 11.0. The number of likely N-dealkylation sites (N-methyl/N-ethyl adjacent to an activating group) is 1. The lowest BCUT2D eigenvalue weighted by atomic mass is 10.4. The Balaban J connectivity index is 2.51. The van der Waals surface area contributed by atoms with Gasteiger partial charge in [-0.15, -0.1) is 11.3 Å². The Kier molecular flexibility index (Phi) is 4.73. The Morgan fingerprint density at radius 3 is 2.85 bits per heavy atom. The maximum Gasteiger partial charge on any atom is 0.0558 e. The van der Waals surface area contributed by atoms with E-state index in [0.29, 0.717) is 6.54 Å². The predicted octanol–water partition coefficient (Wildman–Crippen LogP) is 2.18. The van der Waals surface area contributed by atoms with E-state index in [1.54, 1.807) is 11.3 Å². The summed E-state index contributed by atoms with van der Waals surface area (Å²) in [5.41, 5.74) is 5.50. The van der Waals surface area contributed by atoms with Crippen molar-refractivity contribution in [2.75, 3.05) is 19.6 Å². The Labute approximate surface area is 88.3 Å². The Bertz CT molecular complexity index is 250. The summed E-state index contributed by atoms with van der Waals surface area (Å²) in [5, 5.41) is 2.90. The zero-order chi connectivity index (χ0) is 9.68. The van der Waals surface area contributed by atoms with Gasteiger partial charge in [-0.25, -0.2) is 0 Å². The first-order chi connectivity index (χ1) is 6.27. The SMILES string of the molecule is CCN(CCN)Cc1sccc1Cl. The van der Waals surface area contributed by atoms with Crippen LogP contribution in [0.15, 0.2) is 11.4 Å². The molecule has 1 heterocycles. The van der Waals surface area contributed by atoms with E-state index in [1.165, 1.54) is 4.88 Å². The zero-order valence-corrected chi connectivity index (χ0v) is 9.37. The van der Waals surface area contributed by atoms with Crippen LogP contribution in [0.25, 0.3) is 0 Å². The van der Waals surface area contributed by atoms with Crippen molar-refractivity contribution in [2.45, 2.75) is 13.5 Å². The topological polar surface area (TPSA) is 29.3 Å². The van der Waals surface area contributed by atoms with Crippen LogP contribution in [0.4, 0.5) is 0 Å². The van der Waals surface area contributed by atoms with Crippen molar-refractivity contribution in [3.63, 3.8) is 0 Å². The van der Waals surface area contributed by atoms with Gasteiger partial charge >= 0.3 is 0 Å². The number of thiophene rings is 1. The number of hydrogen-bond donors (Lipinski definition) is 1. The number of rotatable bonds is 5. The average Bonchev–Trinajstić information content (AvgIpc) is 2.51. The highest BCUT2D eigenvalue weighted by atomic mass is 35.5. The van der Waals surface area contributed by atoms with Crippen LogP contribution in [0.2, 0.25) is 5.02 Å². The Morgan fingerprint density at radius 1 is 1.62 bits per heavy atom. The maximum atomic E-state index is 5.99. The van der Waals surface area contributed by atoms with Crippen molar-refractivity contribution >= 4 is 22.9 Å². The molecule has 0 saturated carbocycles. The molecule has 4 heteroatoms. The number of nitrogens with zero attached hydrogens (tertiary/aromatic N) is 1. The first-order valence-electron chi connectivity index (χ1n) is 4.42. The van der Waals surface area contributed by atoms with E-state index in [2.05, 4.69) is 11.8 Å². The molecule has 0 atom stereocenters. The fraction of sp³-hybridized carbons (Fsp3) is 0.556. The quantitative estimate of drug-likeness (QED) is 0.821. The van der Waals surface area contributed by atoms with E-state index in [9.17, 15) is 0 Å². The molecule has 0 unspecified atom stereocenters. The molecule has 2 nitrogen and oxygen atoms in total. The van der Waals surface area contributed by atoms with E-state index in [4.69, 9.17) is 17.3 Å². The molecular formula is C9H15ClN2S. The van der Waals surface area contributed by atoms with Gasteiger partial charge in [-0.2, -0.15) is 0 Å². The molecular weight excluding hydrogens is 204 g/mol. The second-order valence-corrected chi connectivity index (χ2v) is 4.26. The minimum Gasteiger partial charge on any atom is -0.329 e. The number of halogens is 1. The van der Waals surface area contributed by atoms with Crippen molar-refractivity contribution in [1.82, 2.24) is 4.90 Å². The molecule has 0 aromatic carbocycles. The molecule has 0 fully saturated rings. The molecule has 2 N–H and O–H groups in total. The van der Waals surface area contributed by atoms with Gasteiger partial charge < -0.3 is 5.73 Å². The monoisotopic (exact) mass is 218 g/mol. The third-order valence-electron chi connectivity index (χ3n) is 1.95. The van der Waals surface area contributed by atoms with Gasteiger partial charge in [0.15, 0.2) is 0 Å². The van der Waals surface area contributed by atoms with E-state index >= 15 is 0 Å². The molecule has 0 radical (unpaired) electrons. The number of hydrogen-bond acceptors (Lipinski definition) is 3. The molecule has 0 aliphatic heterocycles. The Morgan fingerprint density at radius 2 is 2.38 bits per heavy atom. The molecule has 1 aromatic heterocycles. The molecule has 74 valence electrons. The molecule has 0 spiro atoms. The summed E-state index contributed by atoms with van der Waals surface area (Å²) < 4.78 is 0. The van der Waals surface area contributed by atoms with E-state index in [1.807, 2.05) is 11.4 Å². The van der Waals surface area contributed by atoms with E-state index in [0.717, 1.165) is 24.7 Å². The summed E-state index contributed by atoms with van der Waals surface area (Å²) in [5.74, 6) is 0. The van der Waals surface area contributed by atoms with Crippen LogP contribution in [-0.2, 0) is 6.54 Å². The van der Waals surface area contributed by atoms with Gasteiger partial charge in [-0.05, 0) is 18.0 Å². The molecule has 0 aliphatic rings. The molecule has 0 bridgehead atoms. The highest BCUT2D eigenvalue weighted by Gasteiger charge is 2.06. The van der Waals surface area contributed by atoms with Crippen LogP contribution >= 0.6 is 22.9 Å². The maximum absolute atomic E-state index is 5.99. The Hall–Kier alpha value is -0.0900. The lowest BCUT2D eigenvalue weighted by molar-refractivity contribution is 0.291. The lowest BCUT2D eigenvalue weighted by Crippen LogP contribution is -2.28. The summed E-state index contributed by atoms with van der Waals surface area (Å²) in [6.45, 7) is 5.72. The van der Waals surface area contributed by atoms with Crippen LogP contribution in [0.5, 0.6) is 0 Å². The largest absolute Gasteiger partial charge is 0.329 e. The van der Waals surface area contributed by atoms with Gasteiger partial charge in [0.1, 0.15) is 0 Å². The third-order valence-corrected chi connectivity index (χ3v) is 3.32. The predicted molar refractivity (Wildman–Crippen MR) is 59.3 cm³/mol. The molecule has 0 amide bonds. The van der Waals surface area contributed by atoms with Crippen LogP contribution in [0.1, 0.15) is 11.8 Å². The fourth-order valence-electron chi connectivity index (χ4n) is 1.17. The summed E-state index contributed by atoms with van der Waals surface area (Å²) in [7, 11) is 0. The van der Waals surface area contributed by atoms with Gasteiger partial charge in [0.25, 0.3) is 0 Å². The smallest absolute Gasteiger partial charge is 0.0558 e. The van der Waals surface area contributed by atoms with Crippen LogP contribution in [0, 0.1) is 0 Å². The van der Waals surface area contributed by atoms with E-state index < -0.39 is 0 Å². The second kappa shape index (κ2) is 5.60. The van der Waals surface area contributed by atoms with Crippen molar-refractivity contribution in [3.8, 4) is 0 Å². The highest BCUT2D eigenvalue weighted by molar-refractivity contribution is 7.10. The summed E-state index contributed by atoms with van der Waals surface area (Å²) >= 11 is 7.70. The normalized spacial score (nSPS) is 11.1. The van der Waals surface area contributed by atoms with E-state index in [-0.39, 0.29) is 0 Å². The molecule has 0 saturated heterocycles. The van der Waals surface area contributed by atoms with Gasteiger partial charge in [-0.1, -0.05) is 18.5 Å². The minimum absolute atomic E-state index is 0.705. The minimum atomic E-state index is 0.705. The van der Waals surface area contributed by atoms with Gasteiger partial charge in [0, 0.05) is 24.5 Å². The summed E-state index contributed by atoms with van der Waals surface area (Å²) in [6.07, 6.45) is 0. The van der Waals surface area contributed by atoms with Crippen LogP contribution < -0.4 is 5.73 Å². The van der Waals surface area contributed by atoms with Crippen molar-refractivity contribution in [1.29, 1.82) is 0 Å². The van der Waals surface area contributed by atoms with Gasteiger partial charge in [0.2, 0.25) is 0 Å². The zero-order valence-electron chi connectivity index (χ0n) is 7.79. The van der Waals surface area contributed by atoms with Gasteiger partial charge in [0.05, 0.1) is 5.02 Å². The van der Waals surface area contributed by atoms with Crippen molar-refractivity contribution < 1.29 is 0 Å². The van der Waals surface area contributed by atoms with Crippen molar-refractivity contribution in [2.24, 2.45) is 5.73 Å². The fourth-order valence-corrected chi connectivity index (χ4v) is 2.31. The average molecular weight is 219 g/mol. The molecule has 1 rings (SSSR count). The lowest BCUT2D eigenvalue weighted by Gasteiger charge is -2.18. The third kappa shape index (κ3) is 3.27. The van der Waals surface area contributed by atoms with Crippen LogP contribution in [0.3, 0.4) is 0 Å². The van der Waals surface area contributed by atoms with Crippen LogP contribution in [-0.4, -0.2) is 24.5 Å². The molecule has 0 aliphatic carbocycles. The highest BCUT2D eigenvalue weighted by Crippen LogP contribution is 2.23. The number of nitrogens with two attached hydrogens (primary N) is 1. The van der Waals surface area contributed by atoms with Crippen molar-refractivity contribution in [3.05, 3.63) is 21.3 Å². The standard InChI is InChI=1S/C9H15ClN2S/c1-2-12(5-4-11)7-9-8(10)3-6-13-9/h3,6H,2,4-5,7,11H2,1H3. The first-order valence-corrected chi connectivity index (χ1v) is 5.68. The molecule has 13 heavy (non-hydrogen) atoms. The van der Waals surface area contributed by atoms with Gasteiger partial charge in [-0.3, -0.25) is 4.90 Å². The second-order valence-electron chi connectivity index (χ2n) is 2.85.